The molecule has 1 heterocycles. The largest absolute Gasteiger partial charge is 0.463 e. The summed E-state index contributed by atoms with van der Waals surface area (Å²) in [6.45, 7) is 6.45. The van der Waals surface area contributed by atoms with Crippen LogP contribution in [0.15, 0.2) is 0 Å². The Bertz CT molecular complexity index is 431. The fourth-order valence-corrected chi connectivity index (χ4v) is 2.67. The Morgan fingerprint density at radius 3 is 2.48 bits per heavy atom. The molecule has 118 valence electrons. The van der Waals surface area contributed by atoms with Crippen molar-refractivity contribution >= 4 is 11.9 Å². The molecule has 0 spiro atoms. The van der Waals surface area contributed by atoms with Crippen molar-refractivity contribution in [1.82, 2.24) is 15.0 Å². The van der Waals surface area contributed by atoms with Gasteiger partial charge in [0.15, 0.2) is 0 Å². The van der Waals surface area contributed by atoms with Gasteiger partial charge in [-0.1, -0.05) is 19.3 Å². The van der Waals surface area contributed by atoms with Crippen LogP contribution < -0.4 is 20.9 Å². The van der Waals surface area contributed by atoms with E-state index in [9.17, 15) is 0 Å². The maximum absolute atomic E-state index is 5.78. The third-order valence-corrected chi connectivity index (χ3v) is 3.95. The summed E-state index contributed by atoms with van der Waals surface area (Å²) >= 11 is 0. The summed E-state index contributed by atoms with van der Waals surface area (Å²) in [5.41, 5.74) is 2.48. The van der Waals surface area contributed by atoms with Gasteiger partial charge in [-0.2, -0.15) is 15.0 Å². The SMILES string of the molecule is CCN(CC)c1nc(NN)nc(OCC2CCCCC2)n1. The van der Waals surface area contributed by atoms with Crippen LogP contribution in [0.4, 0.5) is 11.9 Å². The first-order chi connectivity index (χ1) is 10.3. The molecule has 0 saturated heterocycles. The Hall–Kier alpha value is -1.63. The smallest absolute Gasteiger partial charge is 0.323 e. The van der Waals surface area contributed by atoms with Gasteiger partial charge in [-0.05, 0) is 32.6 Å². The first kappa shape index (κ1) is 15.8. The summed E-state index contributed by atoms with van der Waals surface area (Å²) in [7, 11) is 0. The van der Waals surface area contributed by atoms with Crippen LogP contribution in [0.25, 0.3) is 0 Å². The molecule has 1 saturated carbocycles. The third kappa shape index (κ3) is 4.42. The van der Waals surface area contributed by atoms with E-state index in [1.807, 2.05) is 4.90 Å². The maximum atomic E-state index is 5.78. The molecule has 0 aliphatic heterocycles. The standard InChI is InChI=1S/C14H26N6O/c1-3-20(4-2)13-16-12(19-15)17-14(18-13)21-10-11-8-6-5-7-9-11/h11H,3-10,15H2,1-2H3,(H,16,17,18,19). The zero-order valence-corrected chi connectivity index (χ0v) is 13.0. The topological polar surface area (TPSA) is 89.2 Å². The molecule has 1 aliphatic rings. The number of nitrogens with two attached hydrogens (primary N) is 1. The lowest BCUT2D eigenvalue weighted by molar-refractivity contribution is 0.196. The van der Waals surface area contributed by atoms with E-state index in [2.05, 4.69) is 34.2 Å². The highest BCUT2D eigenvalue weighted by atomic mass is 16.5. The summed E-state index contributed by atoms with van der Waals surface area (Å²) in [5.74, 6) is 6.98. The molecule has 2 rings (SSSR count). The molecule has 1 aromatic heterocycles. The second-order valence-corrected chi connectivity index (χ2v) is 5.37. The molecule has 21 heavy (non-hydrogen) atoms. The number of rotatable bonds is 7. The van der Waals surface area contributed by atoms with E-state index in [1.54, 1.807) is 0 Å². The van der Waals surface area contributed by atoms with Crippen LogP contribution in [0.5, 0.6) is 6.01 Å². The number of nitrogens with zero attached hydrogens (tertiary/aromatic N) is 4. The highest BCUT2D eigenvalue weighted by Crippen LogP contribution is 2.24. The molecule has 1 fully saturated rings. The predicted octanol–water partition coefficient (Wildman–Crippen LogP) is 1.96. The number of aromatic nitrogens is 3. The van der Waals surface area contributed by atoms with E-state index in [4.69, 9.17) is 10.6 Å². The number of ether oxygens (including phenoxy) is 1. The van der Waals surface area contributed by atoms with E-state index in [-0.39, 0.29) is 0 Å². The second-order valence-electron chi connectivity index (χ2n) is 5.37. The summed E-state index contributed by atoms with van der Waals surface area (Å²) in [5, 5.41) is 0. The van der Waals surface area contributed by atoms with Crippen molar-refractivity contribution in [2.24, 2.45) is 11.8 Å². The summed E-state index contributed by atoms with van der Waals surface area (Å²) in [4.78, 5) is 14.9. The number of anilines is 2. The minimum Gasteiger partial charge on any atom is -0.463 e. The van der Waals surface area contributed by atoms with E-state index in [0.29, 0.717) is 30.4 Å². The molecule has 0 atom stereocenters. The van der Waals surface area contributed by atoms with E-state index < -0.39 is 0 Å². The molecule has 3 N–H and O–H groups in total. The van der Waals surface area contributed by atoms with E-state index >= 15 is 0 Å². The van der Waals surface area contributed by atoms with E-state index in [0.717, 1.165) is 13.1 Å². The maximum Gasteiger partial charge on any atom is 0.323 e. The summed E-state index contributed by atoms with van der Waals surface area (Å²) < 4.78 is 5.78. The van der Waals surface area contributed by atoms with E-state index in [1.165, 1.54) is 32.1 Å². The Balaban J connectivity index is 2.04. The second kappa shape index (κ2) is 7.97. The van der Waals surface area contributed by atoms with Crippen molar-refractivity contribution < 1.29 is 4.74 Å². The van der Waals surface area contributed by atoms with Crippen molar-refractivity contribution in [1.29, 1.82) is 0 Å². The van der Waals surface area contributed by atoms with Crippen LogP contribution in [0.1, 0.15) is 46.0 Å². The number of hydrogen-bond donors (Lipinski definition) is 2. The zero-order chi connectivity index (χ0) is 15.1. The van der Waals surface area contributed by atoms with Crippen LogP contribution in [-0.4, -0.2) is 34.6 Å². The van der Waals surface area contributed by atoms with Crippen molar-refractivity contribution in [3.8, 4) is 6.01 Å². The van der Waals surface area contributed by atoms with Gasteiger partial charge < -0.3 is 9.64 Å². The lowest BCUT2D eigenvalue weighted by atomic mass is 9.90. The average molecular weight is 294 g/mol. The molecule has 0 unspecified atom stereocenters. The lowest BCUT2D eigenvalue weighted by Gasteiger charge is -2.22. The molecule has 0 bridgehead atoms. The molecular weight excluding hydrogens is 268 g/mol. The zero-order valence-electron chi connectivity index (χ0n) is 13.0. The van der Waals surface area contributed by atoms with Crippen LogP contribution >= 0.6 is 0 Å². The highest BCUT2D eigenvalue weighted by molar-refractivity contribution is 5.37. The Morgan fingerprint density at radius 1 is 1.14 bits per heavy atom. The van der Waals surface area contributed by atoms with Gasteiger partial charge in [0.05, 0.1) is 6.61 Å². The van der Waals surface area contributed by atoms with Gasteiger partial charge in [0.25, 0.3) is 0 Å². The number of hydrazine groups is 1. The van der Waals surface area contributed by atoms with Gasteiger partial charge in [-0.3, -0.25) is 5.43 Å². The highest BCUT2D eigenvalue weighted by Gasteiger charge is 2.16. The van der Waals surface area contributed by atoms with Crippen LogP contribution in [0.2, 0.25) is 0 Å². The lowest BCUT2D eigenvalue weighted by Crippen LogP contribution is -2.26. The number of nitrogens with one attached hydrogen (secondary N) is 1. The molecule has 0 radical (unpaired) electrons. The summed E-state index contributed by atoms with van der Waals surface area (Å²) in [6.07, 6.45) is 6.40. The minimum atomic E-state index is 0.338. The Labute approximate surface area is 126 Å². The molecule has 1 aromatic rings. The van der Waals surface area contributed by atoms with Gasteiger partial charge in [0, 0.05) is 13.1 Å². The van der Waals surface area contributed by atoms with Gasteiger partial charge in [0.2, 0.25) is 11.9 Å². The van der Waals surface area contributed by atoms with Crippen LogP contribution in [0.3, 0.4) is 0 Å². The van der Waals surface area contributed by atoms with Crippen molar-refractivity contribution in [2.75, 3.05) is 30.0 Å². The Morgan fingerprint density at radius 2 is 1.86 bits per heavy atom. The molecule has 0 aromatic carbocycles. The third-order valence-electron chi connectivity index (χ3n) is 3.95. The van der Waals surface area contributed by atoms with Gasteiger partial charge in [0.1, 0.15) is 0 Å². The number of nitrogen functional groups attached to an aromatic ring is 1. The first-order valence-corrected chi connectivity index (χ1v) is 7.87. The average Bonchev–Trinajstić information content (AvgIpc) is 2.55. The molecule has 0 amide bonds. The van der Waals surface area contributed by atoms with Crippen LogP contribution in [0, 0.1) is 5.92 Å². The minimum absolute atomic E-state index is 0.338. The van der Waals surface area contributed by atoms with Crippen LogP contribution in [-0.2, 0) is 0 Å². The van der Waals surface area contributed by atoms with Gasteiger partial charge in [-0.25, -0.2) is 5.84 Å². The monoisotopic (exact) mass is 294 g/mol. The quantitative estimate of drug-likeness (QED) is 0.587. The van der Waals surface area contributed by atoms with Crippen molar-refractivity contribution in [3.63, 3.8) is 0 Å². The van der Waals surface area contributed by atoms with Gasteiger partial charge >= 0.3 is 6.01 Å². The van der Waals surface area contributed by atoms with Gasteiger partial charge in [-0.15, -0.1) is 0 Å². The fraction of sp³-hybridized carbons (Fsp3) is 0.786. The summed E-state index contributed by atoms with van der Waals surface area (Å²) in [6, 6.07) is 0.352. The number of hydrogen-bond acceptors (Lipinski definition) is 7. The first-order valence-electron chi connectivity index (χ1n) is 7.87. The molecule has 1 aliphatic carbocycles. The normalized spacial score (nSPS) is 15.8. The fourth-order valence-electron chi connectivity index (χ4n) is 2.67. The Kier molecular flexibility index (Phi) is 5.98. The molecular formula is C14H26N6O. The molecule has 7 heteroatoms. The predicted molar refractivity (Wildman–Crippen MR) is 83.3 cm³/mol. The molecule has 7 nitrogen and oxygen atoms in total. The van der Waals surface area contributed by atoms with Crippen molar-refractivity contribution in [3.05, 3.63) is 0 Å². The van der Waals surface area contributed by atoms with Crippen molar-refractivity contribution in [2.45, 2.75) is 46.0 Å².